The molecule has 2 aliphatic rings. The van der Waals surface area contributed by atoms with Gasteiger partial charge >= 0.3 is 0 Å². The Morgan fingerprint density at radius 2 is 1.79 bits per heavy atom. The summed E-state index contributed by atoms with van der Waals surface area (Å²) in [6.07, 6.45) is 8.03. The highest BCUT2D eigenvalue weighted by atomic mass is 32.1. The summed E-state index contributed by atoms with van der Waals surface area (Å²) in [6.45, 7) is 2.12. The Bertz CT molecular complexity index is 715. The van der Waals surface area contributed by atoms with Crippen molar-refractivity contribution >= 4 is 28.1 Å². The topological polar surface area (TPSA) is 15.3 Å². The molecule has 1 aliphatic carbocycles. The van der Waals surface area contributed by atoms with Gasteiger partial charge in [-0.25, -0.2) is 0 Å². The Morgan fingerprint density at radius 3 is 2.67 bits per heavy atom. The van der Waals surface area contributed by atoms with Gasteiger partial charge in [0.2, 0.25) is 0 Å². The van der Waals surface area contributed by atoms with E-state index < -0.39 is 0 Å². The standard InChI is InChI=1S/C21H26N2S/c24-21-22-14-19(23(21)15-16-7-2-1-3-8-16)13-18-11-6-10-17-9-4-5-12-20(17)18/h4-6,9-12,16,19H,1-3,7-8,13-15H2,(H,22,24)/t19-/m0/s1. The molecule has 24 heavy (non-hydrogen) atoms. The van der Waals surface area contributed by atoms with E-state index in [0.29, 0.717) is 6.04 Å². The lowest BCUT2D eigenvalue weighted by atomic mass is 9.88. The number of hydrogen-bond donors (Lipinski definition) is 1. The molecule has 2 aromatic rings. The second kappa shape index (κ2) is 7.10. The fourth-order valence-corrected chi connectivity index (χ4v) is 4.68. The number of rotatable bonds is 4. The minimum absolute atomic E-state index is 0.491. The number of thiocarbonyl (C=S) groups is 1. The van der Waals surface area contributed by atoms with E-state index in [9.17, 15) is 0 Å². The zero-order valence-electron chi connectivity index (χ0n) is 14.2. The maximum atomic E-state index is 5.61. The van der Waals surface area contributed by atoms with Gasteiger partial charge in [-0.2, -0.15) is 0 Å². The fourth-order valence-electron chi connectivity index (χ4n) is 4.37. The molecule has 1 N–H and O–H groups in total. The number of fused-ring (bicyclic) bond motifs is 1. The van der Waals surface area contributed by atoms with Gasteiger partial charge < -0.3 is 10.2 Å². The zero-order valence-corrected chi connectivity index (χ0v) is 15.0. The summed E-state index contributed by atoms with van der Waals surface area (Å²) in [6, 6.07) is 15.9. The molecule has 126 valence electrons. The average molecular weight is 339 g/mol. The van der Waals surface area contributed by atoms with E-state index in [1.165, 1.54) is 48.4 Å². The highest BCUT2D eigenvalue weighted by Crippen LogP contribution is 2.27. The van der Waals surface area contributed by atoms with Crippen molar-refractivity contribution in [3.63, 3.8) is 0 Å². The molecular formula is C21H26N2S. The van der Waals surface area contributed by atoms with Crippen LogP contribution >= 0.6 is 12.2 Å². The molecule has 2 fully saturated rings. The van der Waals surface area contributed by atoms with Crippen LogP contribution in [0, 0.1) is 5.92 Å². The van der Waals surface area contributed by atoms with Crippen molar-refractivity contribution in [2.75, 3.05) is 13.1 Å². The van der Waals surface area contributed by atoms with Gasteiger partial charge in [0.05, 0.1) is 6.04 Å². The van der Waals surface area contributed by atoms with Gasteiger partial charge in [0.25, 0.3) is 0 Å². The fraction of sp³-hybridized carbons (Fsp3) is 0.476. The van der Waals surface area contributed by atoms with E-state index in [4.69, 9.17) is 12.2 Å². The van der Waals surface area contributed by atoms with Crippen LogP contribution in [0.4, 0.5) is 0 Å². The lowest BCUT2D eigenvalue weighted by Crippen LogP contribution is -2.39. The number of nitrogens with one attached hydrogen (secondary N) is 1. The SMILES string of the molecule is S=C1NC[C@H](Cc2cccc3ccccc23)N1CC1CCCCC1. The van der Waals surface area contributed by atoms with E-state index in [1.54, 1.807) is 0 Å². The van der Waals surface area contributed by atoms with E-state index >= 15 is 0 Å². The molecule has 0 amide bonds. The minimum Gasteiger partial charge on any atom is -0.360 e. The van der Waals surface area contributed by atoms with Gasteiger partial charge in [0.1, 0.15) is 0 Å². The van der Waals surface area contributed by atoms with Gasteiger partial charge in [-0.3, -0.25) is 0 Å². The molecule has 1 heterocycles. The third-order valence-electron chi connectivity index (χ3n) is 5.71. The predicted octanol–water partition coefficient (Wildman–Crippen LogP) is 4.52. The van der Waals surface area contributed by atoms with Gasteiger partial charge in [0.15, 0.2) is 5.11 Å². The molecule has 0 aromatic heterocycles. The average Bonchev–Trinajstić information content (AvgIpc) is 2.96. The molecule has 1 saturated heterocycles. The summed E-state index contributed by atoms with van der Waals surface area (Å²) in [4.78, 5) is 2.48. The van der Waals surface area contributed by atoms with Crippen LogP contribution < -0.4 is 5.32 Å². The Morgan fingerprint density at radius 1 is 1.00 bits per heavy atom. The van der Waals surface area contributed by atoms with Crippen molar-refractivity contribution in [1.29, 1.82) is 0 Å². The first-order chi connectivity index (χ1) is 11.8. The van der Waals surface area contributed by atoms with Crippen molar-refractivity contribution in [2.45, 2.75) is 44.6 Å². The van der Waals surface area contributed by atoms with Crippen LogP contribution in [0.1, 0.15) is 37.7 Å². The van der Waals surface area contributed by atoms with Crippen LogP contribution in [0.5, 0.6) is 0 Å². The van der Waals surface area contributed by atoms with Gasteiger partial charge in [-0.1, -0.05) is 61.7 Å². The number of hydrogen-bond acceptors (Lipinski definition) is 1. The van der Waals surface area contributed by atoms with E-state index in [1.807, 2.05) is 0 Å². The molecule has 0 bridgehead atoms. The molecule has 1 aliphatic heterocycles. The first kappa shape index (κ1) is 15.9. The number of benzene rings is 2. The molecule has 0 spiro atoms. The lowest BCUT2D eigenvalue weighted by Gasteiger charge is -2.31. The summed E-state index contributed by atoms with van der Waals surface area (Å²) in [5, 5.41) is 7.12. The smallest absolute Gasteiger partial charge is 0.169 e. The molecule has 0 radical (unpaired) electrons. The van der Waals surface area contributed by atoms with Crippen molar-refractivity contribution in [3.8, 4) is 0 Å². The zero-order chi connectivity index (χ0) is 16.4. The number of nitrogens with zero attached hydrogens (tertiary/aromatic N) is 1. The van der Waals surface area contributed by atoms with E-state index in [-0.39, 0.29) is 0 Å². The summed E-state index contributed by atoms with van der Waals surface area (Å²) in [5.74, 6) is 0.826. The largest absolute Gasteiger partial charge is 0.360 e. The van der Waals surface area contributed by atoms with Crippen molar-refractivity contribution < 1.29 is 0 Å². The minimum atomic E-state index is 0.491. The first-order valence-corrected chi connectivity index (χ1v) is 9.73. The maximum absolute atomic E-state index is 5.61. The second-order valence-corrected chi connectivity index (χ2v) is 7.73. The normalized spacial score (nSPS) is 22.1. The third kappa shape index (κ3) is 3.27. The first-order valence-electron chi connectivity index (χ1n) is 9.32. The summed E-state index contributed by atoms with van der Waals surface area (Å²) >= 11 is 5.61. The van der Waals surface area contributed by atoms with Crippen LogP contribution in [0.15, 0.2) is 42.5 Å². The molecule has 1 saturated carbocycles. The molecule has 0 unspecified atom stereocenters. The van der Waals surface area contributed by atoms with Crippen LogP contribution in [0.3, 0.4) is 0 Å². The molecule has 2 aromatic carbocycles. The Balaban J connectivity index is 1.52. The quantitative estimate of drug-likeness (QED) is 0.825. The molecular weight excluding hydrogens is 312 g/mol. The summed E-state index contributed by atoms with van der Waals surface area (Å²) < 4.78 is 0. The van der Waals surface area contributed by atoms with E-state index in [0.717, 1.165) is 30.5 Å². The monoisotopic (exact) mass is 338 g/mol. The van der Waals surface area contributed by atoms with Crippen LogP contribution in [-0.2, 0) is 6.42 Å². The van der Waals surface area contributed by atoms with Crippen molar-refractivity contribution in [1.82, 2.24) is 10.2 Å². The predicted molar refractivity (Wildman–Crippen MR) is 105 cm³/mol. The molecule has 1 atom stereocenters. The van der Waals surface area contributed by atoms with Crippen LogP contribution in [0.2, 0.25) is 0 Å². The van der Waals surface area contributed by atoms with Gasteiger partial charge in [-0.15, -0.1) is 0 Å². The van der Waals surface area contributed by atoms with Gasteiger partial charge in [0, 0.05) is 13.1 Å². The molecule has 3 heteroatoms. The molecule has 2 nitrogen and oxygen atoms in total. The highest BCUT2D eigenvalue weighted by molar-refractivity contribution is 7.80. The Hall–Kier alpha value is -1.61. The maximum Gasteiger partial charge on any atom is 0.169 e. The lowest BCUT2D eigenvalue weighted by molar-refractivity contribution is 0.248. The second-order valence-electron chi connectivity index (χ2n) is 7.34. The van der Waals surface area contributed by atoms with Crippen molar-refractivity contribution in [3.05, 3.63) is 48.0 Å². The molecule has 4 rings (SSSR count). The Kier molecular flexibility index (Phi) is 4.70. The summed E-state index contributed by atoms with van der Waals surface area (Å²) in [5.41, 5.74) is 1.44. The van der Waals surface area contributed by atoms with Crippen LogP contribution in [0.25, 0.3) is 10.8 Å². The Labute approximate surface area is 150 Å². The highest BCUT2D eigenvalue weighted by Gasteiger charge is 2.30. The van der Waals surface area contributed by atoms with Crippen molar-refractivity contribution in [2.24, 2.45) is 5.92 Å². The van der Waals surface area contributed by atoms with E-state index in [2.05, 4.69) is 52.7 Å². The third-order valence-corrected chi connectivity index (χ3v) is 6.08. The van der Waals surface area contributed by atoms with Gasteiger partial charge in [-0.05, 0) is 53.7 Å². The van der Waals surface area contributed by atoms with Crippen LogP contribution in [-0.4, -0.2) is 29.1 Å². The summed E-state index contributed by atoms with van der Waals surface area (Å²) in [7, 11) is 0.